The molecule has 0 aromatic carbocycles. The predicted molar refractivity (Wildman–Crippen MR) is 68.5 cm³/mol. The molecule has 0 aliphatic carbocycles. The van der Waals surface area contributed by atoms with E-state index < -0.39 is 0 Å². The molecule has 2 aliphatic rings. The summed E-state index contributed by atoms with van der Waals surface area (Å²) in [6, 6.07) is 0.533. The molecule has 5 nitrogen and oxygen atoms in total. The van der Waals surface area contributed by atoms with Gasteiger partial charge in [-0.15, -0.1) is 0 Å². The van der Waals surface area contributed by atoms with Gasteiger partial charge in [0, 0.05) is 45.8 Å². The quantitative estimate of drug-likeness (QED) is 0.664. The molecule has 18 heavy (non-hydrogen) atoms. The lowest BCUT2D eigenvalue weighted by molar-refractivity contribution is -0.143. The van der Waals surface area contributed by atoms with Crippen LogP contribution >= 0.6 is 0 Å². The number of methoxy groups -OCH3 is 1. The summed E-state index contributed by atoms with van der Waals surface area (Å²) >= 11 is 0. The summed E-state index contributed by atoms with van der Waals surface area (Å²) < 4.78 is 10.2. The van der Waals surface area contributed by atoms with Crippen LogP contribution in [0.1, 0.15) is 19.8 Å². The second-order valence-corrected chi connectivity index (χ2v) is 5.06. The zero-order valence-corrected chi connectivity index (χ0v) is 11.4. The predicted octanol–water partition coefficient (Wildman–Crippen LogP) is 0.345. The van der Waals surface area contributed by atoms with Crippen LogP contribution in [0.3, 0.4) is 0 Å². The van der Waals surface area contributed by atoms with Crippen LogP contribution in [0.25, 0.3) is 0 Å². The summed E-state index contributed by atoms with van der Waals surface area (Å²) in [5, 5.41) is 0. The van der Waals surface area contributed by atoms with Crippen molar-refractivity contribution < 1.29 is 14.3 Å². The van der Waals surface area contributed by atoms with Gasteiger partial charge in [-0.2, -0.15) is 0 Å². The van der Waals surface area contributed by atoms with Gasteiger partial charge in [0.15, 0.2) is 0 Å². The Labute approximate surface area is 109 Å². The van der Waals surface area contributed by atoms with Crippen molar-refractivity contribution in [2.75, 3.05) is 46.5 Å². The molecule has 0 saturated carbocycles. The molecule has 0 aromatic rings. The van der Waals surface area contributed by atoms with Gasteiger partial charge >= 0.3 is 5.97 Å². The maximum absolute atomic E-state index is 11.6. The molecule has 5 heteroatoms. The molecule has 0 N–H and O–H groups in total. The van der Waals surface area contributed by atoms with E-state index in [1.54, 1.807) is 7.11 Å². The third-order valence-electron chi connectivity index (χ3n) is 4.04. The van der Waals surface area contributed by atoms with Gasteiger partial charge in [0.2, 0.25) is 0 Å². The van der Waals surface area contributed by atoms with E-state index in [1.165, 1.54) is 0 Å². The van der Waals surface area contributed by atoms with Crippen LogP contribution in [0, 0.1) is 0 Å². The molecule has 104 valence electrons. The first-order valence-corrected chi connectivity index (χ1v) is 6.90. The molecule has 0 spiro atoms. The second kappa shape index (κ2) is 6.50. The number of esters is 1. The Morgan fingerprint density at radius 2 is 2.28 bits per heavy atom. The minimum atomic E-state index is -0.0322. The summed E-state index contributed by atoms with van der Waals surface area (Å²) in [7, 11) is 1.74. The van der Waals surface area contributed by atoms with Crippen LogP contribution < -0.4 is 0 Å². The highest BCUT2D eigenvalue weighted by Crippen LogP contribution is 2.20. The Bertz CT molecular complexity index is 285. The minimum Gasteiger partial charge on any atom is -0.464 e. The average Bonchev–Trinajstić information content (AvgIpc) is 2.82. The Hall–Kier alpha value is -0.650. The number of rotatable bonds is 5. The first-order chi connectivity index (χ1) is 8.76. The van der Waals surface area contributed by atoms with Crippen molar-refractivity contribution in [1.82, 2.24) is 9.80 Å². The Balaban J connectivity index is 1.89. The number of carbonyl (C=O) groups is 1. The highest BCUT2D eigenvalue weighted by molar-refractivity contribution is 5.77. The molecule has 2 fully saturated rings. The Morgan fingerprint density at radius 3 is 2.89 bits per heavy atom. The molecule has 0 aromatic heterocycles. The number of hydrogen-bond acceptors (Lipinski definition) is 5. The van der Waals surface area contributed by atoms with Gasteiger partial charge in [-0.05, 0) is 6.42 Å². The molecule has 2 heterocycles. The molecule has 2 saturated heterocycles. The second-order valence-electron chi connectivity index (χ2n) is 5.06. The fourth-order valence-corrected chi connectivity index (χ4v) is 2.91. The highest BCUT2D eigenvalue weighted by atomic mass is 16.5. The first-order valence-electron chi connectivity index (χ1n) is 6.90. The largest absolute Gasteiger partial charge is 0.464 e. The molecule has 0 radical (unpaired) electrons. The average molecular weight is 256 g/mol. The maximum Gasteiger partial charge on any atom is 0.323 e. The molecule has 2 atom stereocenters. The SMILES string of the molecule is CCC1CN(C2CCOC2=O)CCN1CCOC. The van der Waals surface area contributed by atoms with Gasteiger partial charge in [0.25, 0.3) is 0 Å². The standard InChI is InChI=1S/C13H24N2O3/c1-3-11-10-15(12-4-8-18-13(12)16)6-5-14(11)7-9-17-2/h11-12H,3-10H2,1-2H3. The Morgan fingerprint density at radius 1 is 1.44 bits per heavy atom. The van der Waals surface area contributed by atoms with E-state index in [2.05, 4.69) is 16.7 Å². The zero-order chi connectivity index (χ0) is 13.0. The fraction of sp³-hybridized carbons (Fsp3) is 0.923. The fourth-order valence-electron chi connectivity index (χ4n) is 2.91. The van der Waals surface area contributed by atoms with E-state index in [0.29, 0.717) is 12.6 Å². The van der Waals surface area contributed by atoms with Gasteiger partial charge in [-0.25, -0.2) is 0 Å². The van der Waals surface area contributed by atoms with Crippen molar-refractivity contribution in [3.63, 3.8) is 0 Å². The van der Waals surface area contributed by atoms with E-state index in [1.807, 2.05) is 0 Å². The molecule has 2 unspecified atom stereocenters. The lowest BCUT2D eigenvalue weighted by atomic mass is 10.1. The topological polar surface area (TPSA) is 42.0 Å². The van der Waals surface area contributed by atoms with E-state index >= 15 is 0 Å². The summed E-state index contributed by atoms with van der Waals surface area (Å²) in [6.45, 7) is 7.51. The van der Waals surface area contributed by atoms with Crippen molar-refractivity contribution in [3.8, 4) is 0 Å². The van der Waals surface area contributed by atoms with E-state index in [4.69, 9.17) is 9.47 Å². The normalized spacial score (nSPS) is 30.7. The van der Waals surface area contributed by atoms with Gasteiger partial charge in [0.05, 0.1) is 13.2 Å². The van der Waals surface area contributed by atoms with Crippen LogP contribution in [0.5, 0.6) is 0 Å². The number of carbonyl (C=O) groups excluding carboxylic acids is 1. The number of cyclic esters (lactones) is 1. The summed E-state index contributed by atoms with van der Waals surface area (Å²) in [6.07, 6.45) is 1.97. The number of ether oxygens (including phenoxy) is 2. The van der Waals surface area contributed by atoms with Crippen LogP contribution in [-0.2, 0) is 14.3 Å². The highest BCUT2D eigenvalue weighted by Gasteiger charge is 2.36. The molecule has 2 rings (SSSR count). The number of nitrogens with zero attached hydrogens (tertiary/aromatic N) is 2. The molecule has 0 bridgehead atoms. The van der Waals surface area contributed by atoms with Crippen LogP contribution in [0.15, 0.2) is 0 Å². The van der Waals surface area contributed by atoms with Crippen molar-refractivity contribution in [2.45, 2.75) is 31.8 Å². The van der Waals surface area contributed by atoms with Crippen molar-refractivity contribution >= 4 is 5.97 Å². The maximum atomic E-state index is 11.6. The monoisotopic (exact) mass is 256 g/mol. The van der Waals surface area contributed by atoms with E-state index in [0.717, 1.165) is 45.6 Å². The molecule has 0 amide bonds. The van der Waals surface area contributed by atoms with E-state index in [-0.39, 0.29) is 12.0 Å². The lowest BCUT2D eigenvalue weighted by Crippen LogP contribution is -2.57. The smallest absolute Gasteiger partial charge is 0.323 e. The van der Waals surface area contributed by atoms with E-state index in [9.17, 15) is 4.79 Å². The van der Waals surface area contributed by atoms with Crippen molar-refractivity contribution in [1.29, 1.82) is 0 Å². The molecular weight excluding hydrogens is 232 g/mol. The Kier molecular flexibility index (Phi) is 4.97. The van der Waals surface area contributed by atoms with Gasteiger partial charge < -0.3 is 9.47 Å². The van der Waals surface area contributed by atoms with Gasteiger partial charge in [0.1, 0.15) is 6.04 Å². The summed E-state index contributed by atoms with van der Waals surface area (Å²) in [5.74, 6) is -0.0322. The van der Waals surface area contributed by atoms with Crippen molar-refractivity contribution in [2.24, 2.45) is 0 Å². The van der Waals surface area contributed by atoms with Crippen LogP contribution in [0.2, 0.25) is 0 Å². The number of piperazine rings is 1. The summed E-state index contributed by atoms with van der Waals surface area (Å²) in [5.41, 5.74) is 0. The van der Waals surface area contributed by atoms with Crippen LogP contribution in [0.4, 0.5) is 0 Å². The zero-order valence-electron chi connectivity index (χ0n) is 11.4. The molecular formula is C13H24N2O3. The number of hydrogen-bond donors (Lipinski definition) is 0. The van der Waals surface area contributed by atoms with Crippen LogP contribution in [-0.4, -0.2) is 74.4 Å². The summed E-state index contributed by atoms with van der Waals surface area (Å²) in [4.78, 5) is 16.4. The third-order valence-corrected chi connectivity index (χ3v) is 4.04. The first kappa shape index (κ1) is 13.8. The van der Waals surface area contributed by atoms with Gasteiger partial charge in [-0.1, -0.05) is 6.92 Å². The lowest BCUT2D eigenvalue weighted by Gasteiger charge is -2.42. The molecule has 2 aliphatic heterocycles. The third kappa shape index (κ3) is 3.02. The van der Waals surface area contributed by atoms with Crippen molar-refractivity contribution in [3.05, 3.63) is 0 Å². The van der Waals surface area contributed by atoms with Gasteiger partial charge in [-0.3, -0.25) is 14.6 Å². The minimum absolute atomic E-state index is 0.00336.